The summed E-state index contributed by atoms with van der Waals surface area (Å²) in [4.78, 5) is 12.9. The average molecular weight is 458 g/mol. The molecule has 0 heterocycles. The van der Waals surface area contributed by atoms with E-state index in [4.69, 9.17) is 11.1 Å². The van der Waals surface area contributed by atoms with Crippen LogP contribution in [-0.2, 0) is 6.42 Å². The molecule has 0 fully saturated rings. The van der Waals surface area contributed by atoms with Crippen molar-refractivity contribution in [2.45, 2.75) is 19.4 Å². The van der Waals surface area contributed by atoms with Gasteiger partial charge in [-0.25, -0.2) is 0 Å². The van der Waals surface area contributed by atoms with Crippen LogP contribution < -0.4 is 11.1 Å². The Bertz CT molecular complexity index is 1400. The van der Waals surface area contributed by atoms with Gasteiger partial charge in [-0.15, -0.1) is 0 Å². The van der Waals surface area contributed by atoms with Crippen LogP contribution in [0.3, 0.4) is 0 Å². The van der Waals surface area contributed by atoms with E-state index in [1.165, 1.54) is 5.56 Å². The lowest BCUT2D eigenvalue weighted by atomic mass is 9.97. The molecule has 0 radical (unpaired) electrons. The van der Waals surface area contributed by atoms with Crippen molar-refractivity contribution in [3.8, 4) is 11.8 Å². The Labute approximate surface area is 206 Å². The van der Waals surface area contributed by atoms with Crippen molar-refractivity contribution in [3.05, 3.63) is 137 Å². The second-order valence-corrected chi connectivity index (χ2v) is 8.38. The summed E-state index contributed by atoms with van der Waals surface area (Å²) >= 11 is 0. The first-order valence-corrected chi connectivity index (χ1v) is 11.5. The molecule has 0 saturated carbocycles. The predicted octanol–water partition coefficient (Wildman–Crippen LogP) is 5.58. The molecular formula is C31H27N3O. The summed E-state index contributed by atoms with van der Waals surface area (Å²) in [5.41, 5.74) is 11.5. The number of aryl methyl sites for hydroxylation is 1. The van der Waals surface area contributed by atoms with Crippen molar-refractivity contribution in [2.75, 3.05) is 5.32 Å². The summed E-state index contributed by atoms with van der Waals surface area (Å²) in [5.74, 6) is 6.68. The molecule has 0 aliphatic carbocycles. The van der Waals surface area contributed by atoms with Gasteiger partial charge in [0.15, 0.2) is 5.78 Å². The highest BCUT2D eigenvalue weighted by Crippen LogP contribution is 2.17. The monoisotopic (exact) mass is 457 g/mol. The molecule has 0 aromatic heterocycles. The van der Waals surface area contributed by atoms with Crippen molar-refractivity contribution < 1.29 is 4.79 Å². The molecule has 4 nitrogen and oxygen atoms in total. The van der Waals surface area contributed by atoms with E-state index < -0.39 is 0 Å². The van der Waals surface area contributed by atoms with E-state index >= 15 is 0 Å². The molecule has 0 amide bonds. The zero-order chi connectivity index (χ0) is 24.6. The van der Waals surface area contributed by atoms with E-state index in [0.29, 0.717) is 23.1 Å². The third kappa shape index (κ3) is 6.25. The number of anilines is 1. The van der Waals surface area contributed by atoms with E-state index in [2.05, 4.69) is 29.3 Å². The molecule has 0 saturated heterocycles. The van der Waals surface area contributed by atoms with Gasteiger partial charge in [0, 0.05) is 34.4 Å². The normalized spacial score (nSPS) is 11.1. The second kappa shape index (κ2) is 11.0. The Balaban J connectivity index is 1.59. The number of amidine groups is 1. The van der Waals surface area contributed by atoms with Crippen molar-refractivity contribution >= 4 is 17.3 Å². The third-order valence-corrected chi connectivity index (χ3v) is 5.69. The molecule has 4 aromatic rings. The van der Waals surface area contributed by atoms with E-state index in [-0.39, 0.29) is 17.7 Å². The average Bonchev–Trinajstić information content (AvgIpc) is 2.88. The summed E-state index contributed by atoms with van der Waals surface area (Å²) in [6, 6.07) is 32.5. The lowest BCUT2D eigenvalue weighted by Gasteiger charge is -2.15. The first-order valence-electron chi connectivity index (χ1n) is 11.5. The van der Waals surface area contributed by atoms with Gasteiger partial charge in [0.25, 0.3) is 0 Å². The Morgan fingerprint density at radius 2 is 1.57 bits per heavy atom. The van der Waals surface area contributed by atoms with E-state index in [1.54, 1.807) is 0 Å². The van der Waals surface area contributed by atoms with Gasteiger partial charge in [-0.05, 0) is 48.4 Å². The Morgan fingerprint density at radius 3 is 2.26 bits per heavy atom. The van der Waals surface area contributed by atoms with E-state index in [0.717, 1.165) is 16.8 Å². The maximum Gasteiger partial charge on any atom is 0.193 e. The van der Waals surface area contributed by atoms with Crippen molar-refractivity contribution in [1.29, 1.82) is 5.41 Å². The topological polar surface area (TPSA) is 79.0 Å². The Kier molecular flexibility index (Phi) is 7.40. The largest absolute Gasteiger partial charge is 0.384 e. The van der Waals surface area contributed by atoms with Gasteiger partial charge in [0.05, 0.1) is 6.04 Å². The van der Waals surface area contributed by atoms with Gasteiger partial charge in [-0.1, -0.05) is 84.6 Å². The summed E-state index contributed by atoms with van der Waals surface area (Å²) in [6.45, 7) is 1.94. The van der Waals surface area contributed by atoms with Crippen LogP contribution in [0.25, 0.3) is 0 Å². The van der Waals surface area contributed by atoms with E-state index in [9.17, 15) is 4.79 Å². The molecule has 0 bridgehead atoms. The third-order valence-electron chi connectivity index (χ3n) is 5.69. The minimum absolute atomic E-state index is 0.0107. The number of nitrogens with one attached hydrogen (secondary N) is 2. The Morgan fingerprint density at radius 1 is 0.886 bits per heavy atom. The number of hydrogen-bond acceptors (Lipinski definition) is 3. The predicted molar refractivity (Wildman–Crippen MR) is 143 cm³/mol. The zero-order valence-electron chi connectivity index (χ0n) is 19.6. The molecule has 1 atom stereocenters. The van der Waals surface area contributed by atoms with Crippen LogP contribution in [-0.4, -0.2) is 17.7 Å². The highest BCUT2D eigenvalue weighted by molar-refractivity contribution is 6.09. The van der Waals surface area contributed by atoms with Crippen molar-refractivity contribution in [1.82, 2.24) is 0 Å². The van der Waals surface area contributed by atoms with Gasteiger partial charge < -0.3 is 11.1 Å². The lowest BCUT2D eigenvalue weighted by molar-refractivity contribution is 0.103. The number of rotatable bonds is 7. The number of carbonyl (C=O) groups excluding carboxylic acids is 1. The van der Waals surface area contributed by atoms with E-state index in [1.807, 2.05) is 97.9 Å². The van der Waals surface area contributed by atoms with Crippen LogP contribution in [0.15, 0.2) is 103 Å². The highest BCUT2D eigenvalue weighted by atomic mass is 16.1. The van der Waals surface area contributed by atoms with Gasteiger partial charge in [0.2, 0.25) is 0 Å². The molecular weight excluding hydrogens is 430 g/mol. The quantitative estimate of drug-likeness (QED) is 0.147. The molecule has 4 N–H and O–H groups in total. The first-order chi connectivity index (χ1) is 17.0. The fraction of sp³-hybridized carbons (Fsp3) is 0.0968. The number of nitrogen functional groups attached to an aromatic ring is 1. The van der Waals surface area contributed by atoms with Gasteiger partial charge in [-0.2, -0.15) is 0 Å². The van der Waals surface area contributed by atoms with Gasteiger partial charge >= 0.3 is 0 Å². The number of ketones is 1. The number of hydrogen-bond donors (Lipinski definition) is 3. The molecule has 0 aliphatic heterocycles. The van der Waals surface area contributed by atoms with Crippen LogP contribution in [0.2, 0.25) is 0 Å². The molecule has 0 spiro atoms. The molecule has 4 aromatic carbocycles. The molecule has 4 heteroatoms. The highest BCUT2D eigenvalue weighted by Gasteiger charge is 2.12. The summed E-state index contributed by atoms with van der Waals surface area (Å²) < 4.78 is 0. The maximum atomic E-state index is 12.9. The van der Waals surface area contributed by atoms with Crippen LogP contribution in [0, 0.1) is 24.2 Å². The van der Waals surface area contributed by atoms with Crippen molar-refractivity contribution in [2.24, 2.45) is 5.73 Å². The van der Waals surface area contributed by atoms with Crippen LogP contribution in [0.4, 0.5) is 5.69 Å². The van der Waals surface area contributed by atoms with Crippen LogP contribution >= 0.6 is 0 Å². The standard InChI is InChI=1S/C31H27N3O/c1-22-19-24(16-18-29(22)30(35)25-11-6-3-7-12-25)15-17-28(20-23-9-4-2-5-10-23)34-27-14-8-13-26(21-27)31(32)33/h2-14,16,18-19,21,28,34H,20H2,1H3,(H3,32,33). The van der Waals surface area contributed by atoms with Gasteiger partial charge in [-0.3, -0.25) is 10.2 Å². The number of nitrogens with two attached hydrogens (primary N) is 1. The van der Waals surface area contributed by atoms with Crippen molar-refractivity contribution in [3.63, 3.8) is 0 Å². The molecule has 172 valence electrons. The fourth-order valence-electron chi connectivity index (χ4n) is 3.88. The lowest BCUT2D eigenvalue weighted by Crippen LogP contribution is -2.21. The second-order valence-electron chi connectivity index (χ2n) is 8.38. The molecule has 1 unspecified atom stereocenters. The molecule has 35 heavy (non-hydrogen) atoms. The number of carbonyl (C=O) groups is 1. The minimum atomic E-state index is -0.162. The molecule has 0 aliphatic rings. The summed E-state index contributed by atoms with van der Waals surface area (Å²) in [5, 5.41) is 11.2. The first kappa shape index (κ1) is 23.5. The molecule has 4 rings (SSSR count). The van der Waals surface area contributed by atoms with Crippen LogP contribution in [0.1, 0.15) is 38.2 Å². The summed E-state index contributed by atoms with van der Waals surface area (Å²) in [7, 11) is 0. The smallest absolute Gasteiger partial charge is 0.193 e. The van der Waals surface area contributed by atoms with Gasteiger partial charge in [0.1, 0.15) is 5.84 Å². The number of benzene rings is 4. The zero-order valence-corrected chi connectivity index (χ0v) is 19.6. The SMILES string of the molecule is Cc1cc(C#CC(Cc2ccccc2)Nc2cccc(C(=N)N)c2)ccc1C(=O)c1ccccc1. The Hall–Kier alpha value is -4.62. The maximum absolute atomic E-state index is 12.9. The van der Waals surface area contributed by atoms with Crippen LogP contribution in [0.5, 0.6) is 0 Å². The minimum Gasteiger partial charge on any atom is -0.384 e. The summed E-state index contributed by atoms with van der Waals surface area (Å²) in [6.07, 6.45) is 0.710. The fourth-order valence-corrected chi connectivity index (χ4v) is 3.88.